The van der Waals surface area contributed by atoms with Gasteiger partial charge in [0.05, 0.1) is 0 Å². The van der Waals surface area contributed by atoms with Crippen LogP contribution in [0.1, 0.15) is 17.9 Å². The summed E-state index contributed by atoms with van der Waals surface area (Å²) in [7, 11) is 1.14. The van der Waals surface area contributed by atoms with E-state index in [1.807, 2.05) is 10.3 Å². The van der Waals surface area contributed by atoms with Crippen molar-refractivity contribution in [2.45, 2.75) is 61.3 Å². The van der Waals surface area contributed by atoms with E-state index >= 15 is 0 Å². The molecule has 1 saturated heterocycles. The number of carboxylic acids is 1. The molecule has 3 heterocycles. The summed E-state index contributed by atoms with van der Waals surface area (Å²) in [5.41, 5.74) is 3.93. The molecule has 0 saturated carbocycles. The molecule has 2 aliphatic rings. The third-order valence-electron chi connectivity index (χ3n) is 7.88. The van der Waals surface area contributed by atoms with Crippen molar-refractivity contribution in [3.05, 3.63) is 87.0 Å². The number of carbonyl (C=O) groups excluding carboxylic acids is 4. The SMILES string of the molecule is COC1C(O)C(n2ccc(=O)[nH]c2=O)OC1C(OC1OC(C(=O)Nc2ccc(C(O)C(O)C(=O)NC=CC(=O)NCC(=O)O)cc2)=CC(O)C1O)C(N)=O. The number of nitrogens with two attached hydrogens (primary N) is 1. The number of methoxy groups -OCH3 is 1. The monoisotopic (exact) mass is 764 g/mol. The summed E-state index contributed by atoms with van der Waals surface area (Å²) < 4.78 is 22.8. The van der Waals surface area contributed by atoms with Crippen LogP contribution < -0.4 is 32.9 Å². The second kappa shape index (κ2) is 17.8. The van der Waals surface area contributed by atoms with E-state index in [0.29, 0.717) is 0 Å². The number of aromatic nitrogens is 2. The molecule has 0 aliphatic carbocycles. The van der Waals surface area contributed by atoms with Gasteiger partial charge < -0.3 is 71.3 Å². The van der Waals surface area contributed by atoms with E-state index in [4.69, 9.17) is 29.8 Å². The predicted molar refractivity (Wildman–Crippen MR) is 175 cm³/mol. The number of ether oxygens (including phenoxy) is 4. The van der Waals surface area contributed by atoms with Crippen molar-refractivity contribution >= 4 is 35.3 Å². The lowest BCUT2D eigenvalue weighted by molar-refractivity contribution is -0.241. The van der Waals surface area contributed by atoms with Gasteiger partial charge >= 0.3 is 11.7 Å². The molecule has 12 N–H and O–H groups in total. The largest absolute Gasteiger partial charge is 0.480 e. The highest BCUT2D eigenvalue weighted by molar-refractivity contribution is 6.02. The predicted octanol–water partition coefficient (Wildman–Crippen LogP) is -5.49. The quantitative estimate of drug-likeness (QED) is 0.0754. The molecule has 4 amide bonds. The van der Waals surface area contributed by atoms with Crippen molar-refractivity contribution in [3.63, 3.8) is 0 Å². The Morgan fingerprint density at radius 2 is 1.74 bits per heavy atom. The van der Waals surface area contributed by atoms with Crippen molar-refractivity contribution in [2.75, 3.05) is 19.0 Å². The normalized spacial score (nSPS) is 25.4. The Balaban J connectivity index is 1.39. The maximum Gasteiger partial charge on any atom is 0.330 e. The zero-order valence-electron chi connectivity index (χ0n) is 27.9. The van der Waals surface area contributed by atoms with Crippen molar-refractivity contribution in [1.82, 2.24) is 20.2 Å². The number of aliphatic hydroxyl groups excluding tert-OH is 5. The van der Waals surface area contributed by atoms with Gasteiger partial charge in [-0.1, -0.05) is 12.1 Å². The van der Waals surface area contributed by atoms with Gasteiger partial charge in [0.2, 0.25) is 18.1 Å². The minimum absolute atomic E-state index is 0.0118. The van der Waals surface area contributed by atoms with E-state index in [1.54, 1.807) is 0 Å². The van der Waals surface area contributed by atoms with Gasteiger partial charge in [-0.3, -0.25) is 38.3 Å². The Labute approximate surface area is 302 Å². The second-order valence-electron chi connectivity index (χ2n) is 11.6. The first-order chi connectivity index (χ1) is 25.5. The number of aromatic amines is 1. The molecule has 1 fully saturated rings. The second-order valence-corrected chi connectivity index (χ2v) is 11.6. The summed E-state index contributed by atoms with van der Waals surface area (Å²) >= 11 is 0. The minimum Gasteiger partial charge on any atom is -0.480 e. The number of carboxylic acid groups (broad SMARTS) is 1. The molecule has 1 aromatic carbocycles. The van der Waals surface area contributed by atoms with Crippen molar-refractivity contribution in [2.24, 2.45) is 5.73 Å². The standard InChI is InChI=1S/C31H36N6O17/c1-51-23-22(46)29(37-9-7-17(40)36-31(37)50)53-24(23)25(26(32)47)54-30-20(44)14(38)10-15(52-30)27(48)35-13-4-2-12(3-5-13)19(43)21(45)28(49)33-8-6-16(39)34-11-18(41)42/h2-10,14,19-25,29-30,38,43-46H,11H2,1H3,(H2,32,47)(H,33,49)(H,34,39)(H,35,48)(H,41,42)(H,36,40,50). The van der Waals surface area contributed by atoms with E-state index in [0.717, 1.165) is 42.3 Å². The van der Waals surface area contributed by atoms with Gasteiger partial charge in [0.25, 0.3) is 17.4 Å². The Morgan fingerprint density at radius 1 is 1.06 bits per heavy atom. The number of H-pyrrole nitrogens is 1. The molecule has 10 atom stereocenters. The number of primary amides is 1. The molecule has 54 heavy (non-hydrogen) atoms. The number of aliphatic carboxylic acids is 1. The highest BCUT2D eigenvalue weighted by atomic mass is 16.7. The lowest BCUT2D eigenvalue weighted by Gasteiger charge is -2.35. The molecular weight excluding hydrogens is 728 g/mol. The zero-order chi connectivity index (χ0) is 39.9. The van der Waals surface area contributed by atoms with E-state index in [9.17, 15) is 59.1 Å². The topological polar surface area (TPSA) is 361 Å². The number of aliphatic hydroxyl groups is 5. The van der Waals surface area contributed by atoms with Crippen LogP contribution in [0, 0.1) is 0 Å². The number of nitrogens with one attached hydrogen (secondary N) is 4. The molecule has 1 aromatic heterocycles. The number of anilines is 1. The summed E-state index contributed by atoms with van der Waals surface area (Å²) in [6, 6.07) is 5.97. The van der Waals surface area contributed by atoms with Gasteiger partial charge in [0, 0.05) is 37.3 Å². The first-order valence-corrected chi connectivity index (χ1v) is 15.6. The van der Waals surface area contributed by atoms with Crippen molar-refractivity contribution < 1.29 is 73.6 Å². The lowest BCUT2D eigenvalue weighted by Crippen LogP contribution is -2.53. The van der Waals surface area contributed by atoms with Crippen LogP contribution in [0.4, 0.5) is 5.69 Å². The highest BCUT2D eigenvalue weighted by Gasteiger charge is 2.52. The first-order valence-electron chi connectivity index (χ1n) is 15.6. The maximum absolute atomic E-state index is 13.1. The summed E-state index contributed by atoms with van der Waals surface area (Å²) in [5.74, 6) is -6.08. The van der Waals surface area contributed by atoms with Gasteiger partial charge in [-0.2, -0.15) is 0 Å². The first kappa shape index (κ1) is 41.0. The molecule has 2 aromatic rings. The Bertz CT molecular complexity index is 1890. The fourth-order valence-corrected chi connectivity index (χ4v) is 5.18. The Morgan fingerprint density at radius 3 is 2.35 bits per heavy atom. The number of benzene rings is 1. The molecule has 0 bridgehead atoms. The van der Waals surface area contributed by atoms with Crippen molar-refractivity contribution in [3.8, 4) is 0 Å². The van der Waals surface area contributed by atoms with Crippen LogP contribution in [0.2, 0.25) is 0 Å². The van der Waals surface area contributed by atoms with Crippen LogP contribution in [-0.2, 0) is 42.9 Å². The van der Waals surface area contributed by atoms with Crippen LogP contribution in [0.3, 0.4) is 0 Å². The summed E-state index contributed by atoms with van der Waals surface area (Å²) in [4.78, 5) is 85.7. The number of carbonyl (C=O) groups is 5. The molecular formula is C31H36N6O17. The summed E-state index contributed by atoms with van der Waals surface area (Å²) in [6.45, 7) is -0.663. The minimum atomic E-state index is -2.03. The van der Waals surface area contributed by atoms with Crippen LogP contribution in [0.5, 0.6) is 0 Å². The number of hydrogen-bond acceptors (Lipinski definition) is 16. The molecule has 23 nitrogen and oxygen atoms in total. The van der Waals surface area contributed by atoms with Crippen LogP contribution in [0.15, 0.2) is 70.2 Å². The van der Waals surface area contributed by atoms with Crippen LogP contribution in [0.25, 0.3) is 0 Å². The van der Waals surface area contributed by atoms with Gasteiger partial charge in [0.15, 0.2) is 24.2 Å². The average molecular weight is 765 g/mol. The maximum atomic E-state index is 13.1. The molecule has 4 rings (SSSR count). The molecule has 23 heteroatoms. The van der Waals surface area contributed by atoms with Gasteiger partial charge in [-0.05, 0) is 23.8 Å². The van der Waals surface area contributed by atoms with Crippen LogP contribution in [-0.4, -0.2) is 132 Å². The smallest absolute Gasteiger partial charge is 0.330 e. The number of nitrogens with zero attached hydrogens (tertiary/aromatic N) is 1. The zero-order valence-corrected chi connectivity index (χ0v) is 27.9. The fourth-order valence-electron chi connectivity index (χ4n) is 5.18. The molecule has 0 spiro atoms. The summed E-state index contributed by atoms with van der Waals surface area (Å²) in [5, 5.41) is 67.6. The molecule has 0 radical (unpaired) electrons. The van der Waals surface area contributed by atoms with E-state index in [-0.39, 0.29) is 11.3 Å². The average Bonchev–Trinajstić information content (AvgIpc) is 3.45. The molecule has 2 aliphatic heterocycles. The Hall–Kier alpha value is -5.79. The summed E-state index contributed by atoms with van der Waals surface area (Å²) in [6.07, 6.45) is -13.9. The van der Waals surface area contributed by atoms with E-state index in [1.165, 1.54) is 24.3 Å². The third kappa shape index (κ3) is 9.79. The van der Waals surface area contributed by atoms with E-state index in [2.05, 4.69) is 10.6 Å². The molecule has 292 valence electrons. The number of hydrogen-bond donors (Lipinski definition) is 11. The highest BCUT2D eigenvalue weighted by Crippen LogP contribution is 2.34. The van der Waals surface area contributed by atoms with Gasteiger partial charge in [-0.25, -0.2) is 4.79 Å². The van der Waals surface area contributed by atoms with Crippen molar-refractivity contribution in [1.29, 1.82) is 0 Å². The van der Waals surface area contributed by atoms with E-state index < -0.39 is 115 Å². The van der Waals surface area contributed by atoms with Crippen LogP contribution >= 0.6 is 0 Å². The fraction of sp³-hybridized carbons (Fsp3) is 0.387. The van der Waals surface area contributed by atoms with Gasteiger partial charge in [0.1, 0.15) is 43.2 Å². The molecule has 10 unspecified atom stereocenters. The Kier molecular flexibility index (Phi) is 13.5. The number of amides is 4. The lowest BCUT2D eigenvalue weighted by atomic mass is 10.0. The third-order valence-corrected chi connectivity index (χ3v) is 7.88. The van der Waals surface area contributed by atoms with Gasteiger partial charge in [-0.15, -0.1) is 0 Å². The number of rotatable bonds is 15.